The zero-order chi connectivity index (χ0) is 21.7. The molecule has 1 unspecified atom stereocenters. The summed E-state index contributed by atoms with van der Waals surface area (Å²) in [5.74, 6) is -1.54. The molecule has 0 spiro atoms. The van der Waals surface area contributed by atoms with Crippen molar-refractivity contribution in [1.29, 1.82) is 0 Å². The van der Waals surface area contributed by atoms with Gasteiger partial charge in [0.05, 0.1) is 10.5 Å². The van der Waals surface area contributed by atoms with Crippen LogP contribution in [0.2, 0.25) is 0 Å². The zero-order valence-corrected chi connectivity index (χ0v) is 15.8. The molecule has 1 aliphatic heterocycles. The normalized spacial score (nSPS) is 15.5. The van der Waals surface area contributed by atoms with E-state index in [0.29, 0.717) is 30.6 Å². The summed E-state index contributed by atoms with van der Waals surface area (Å²) >= 11 is 0. The third-order valence-corrected chi connectivity index (χ3v) is 4.68. The van der Waals surface area contributed by atoms with E-state index in [0.717, 1.165) is 0 Å². The van der Waals surface area contributed by atoms with E-state index in [9.17, 15) is 24.5 Å². The van der Waals surface area contributed by atoms with Crippen molar-refractivity contribution in [2.45, 2.75) is 25.5 Å². The highest BCUT2D eigenvalue weighted by Gasteiger charge is 2.35. The number of anilines is 1. The van der Waals surface area contributed by atoms with Gasteiger partial charge in [-0.15, -0.1) is 0 Å². The Morgan fingerprint density at radius 3 is 2.60 bits per heavy atom. The summed E-state index contributed by atoms with van der Waals surface area (Å²) in [6.45, 7) is 0.272. The van der Waals surface area contributed by atoms with Crippen LogP contribution < -0.4 is 5.32 Å². The van der Waals surface area contributed by atoms with E-state index >= 15 is 0 Å². The number of hydrogen-bond donors (Lipinski definition) is 2. The number of nitro groups is 1. The van der Waals surface area contributed by atoms with Gasteiger partial charge in [0.1, 0.15) is 12.6 Å². The van der Waals surface area contributed by atoms with Gasteiger partial charge in [0, 0.05) is 24.4 Å². The third kappa shape index (κ3) is 4.90. The van der Waals surface area contributed by atoms with Crippen LogP contribution in [-0.2, 0) is 16.1 Å². The van der Waals surface area contributed by atoms with Gasteiger partial charge >= 0.3 is 12.1 Å². The average Bonchev–Trinajstić information content (AvgIpc) is 3.22. The number of carboxylic acid groups (broad SMARTS) is 1. The molecule has 2 aromatic rings. The lowest BCUT2D eigenvalue weighted by Crippen LogP contribution is -2.43. The number of hydrogen-bond acceptors (Lipinski definition) is 6. The topological polar surface area (TPSA) is 139 Å². The molecule has 1 aliphatic rings. The van der Waals surface area contributed by atoms with Crippen LogP contribution in [0, 0.1) is 10.1 Å². The molecule has 10 nitrogen and oxygen atoms in total. The van der Waals surface area contributed by atoms with Crippen LogP contribution >= 0.6 is 0 Å². The van der Waals surface area contributed by atoms with Crippen LogP contribution in [-0.4, -0.2) is 45.5 Å². The van der Waals surface area contributed by atoms with Gasteiger partial charge in [-0.2, -0.15) is 0 Å². The fraction of sp³-hybridized carbons (Fsp3) is 0.250. The first-order valence-corrected chi connectivity index (χ1v) is 9.16. The molecular formula is C20H19N3O7. The van der Waals surface area contributed by atoms with Gasteiger partial charge in [-0.1, -0.05) is 6.07 Å². The molecule has 2 amide bonds. The number of rotatable bonds is 6. The lowest BCUT2D eigenvalue weighted by molar-refractivity contribution is -0.384. The molecule has 1 atom stereocenters. The molecule has 0 bridgehead atoms. The number of carbonyl (C=O) groups excluding carboxylic acids is 2. The Bertz CT molecular complexity index is 975. The summed E-state index contributed by atoms with van der Waals surface area (Å²) in [5.41, 5.74) is 0.887. The highest BCUT2D eigenvalue weighted by molar-refractivity contribution is 5.98. The minimum atomic E-state index is -1.11. The lowest BCUT2D eigenvalue weighted by Gasteiger charge is -2.23. The van der Waals surface area contributed by atoms with Gasteiger partial charge in [-0.05, 0) is 48.7 Å². The van der Waals surface area contributed by atoms with Crippen LogP contribution in [0.5, 0.6) is 0 Å². The second kappa shape index (κ2) is 9.03. The average molecular weight is 413 g/mol. The van der Waals surface area contributed by atoms with Crippen molar-refractivity contribution >= 4 is 29.3 Å². The first kappa shape index (κ1) is 20.8. The quantitative estimate of drug-likeness (QED) is 0.548. The van der Waals surface area contributed by atoms with E-state index in [1.165, 1.54) is 47.4 Å². The fourth-order valence-electron chi connectivity index (χ4n) is 3.16. The predicted octanol–water partition coefficient (Wildman–Crippen LogP) is 3.03. The number of nitrogens with zero attached hydrogens (tertiary/aromatic N) is 2. The molecule has 10 heteroatoms. The maximum Gasteiger partial charge on any atom is 0.410 e. The molecule has 1 heterocycles. The zero-order valence-electron chi connectivity index (χ0n) is 15.8. The third-order valence-electron chi connectivity index (χ3n) is 4.68. The number of amides is 2. The first-order chi connectivity index (χ1) is 14.3. The smallest absolute Gasteiger partial charge is 0.410 e. The summed E-state index contributed by atoms with van der Waals surface area (Å²) in [6.07, 6.45) is 0.419. The second-order valence-corrected chi connectivity index (χ2v) is 6.70. The maximum absolute atomic E-state index is 12.6. The molecule has 1 saturated heterocycles. The van der Waals surface area contributed by atoms with E-state index < -0.39 is 28.9 Å². The molecule has 0 aliphatic carbocycles. The summed E-state index contributed by atoms with van der Waals surface area (Å²) in [5, 5.41) is 22.4. The maximum atomic E-state index is 12.6. The Balaban J connectivity index is 1.59. The van der Waals surface area contributed by atoms with E-state index in [4.69, 9.17) is 9.84 Å². The highest BCUT2D eigenvalue weighted by atomic mass is 16.6. The minimum Gasteiger partial charge on any atom is -0.478 e. The van der Waals surface area contributed by atoms with Crippen molar-refractivity contribution in [3.05, 3.63) is 69.8 Å². The van der Waals surface area contributed by atoms with Crippen molar-refractivity contribution in [2.24, 2.45) is 0 Å². The highest BCUT2D eigenvalue weighted by Crippen LogP contribution is 2.21. The summed E-state index contributed by atoms with van der Waals surface area (Å²) in [6, 6.07) is 10.7. The largest absolute Gasteiger partial charge is 0.478 e. The molecule has 156 valence electrons. The number of aromatic carboxylic acids is 1. The number of likely N-dealkylation sites (tertiary alicyclic amines) is 1. The van der Waals surface area contributed by atoms with Gasteiger partial charge in [0.15, 0.2) is 0 Å². The minimum absolute atomic E-state index is 0.0404. The first-order valence-electron chi connectivity index (χ1n) is 9.16. The molecule has 30 heavy (non-hydrogen) atoms. The number of non-ortho nitro benzene ring substituents is 1. The molecular weight excluding hydrogens is 394 g/mol. The summed E-state index contributed by atoms with van der Waals surface area (Å²) in [4.78, 5) is 47.6. The molecule has 0 aromatic heterocycles. The second-order valence-electron chi connectivity index (χ2n) is 6.70. The van der Waals surface area contributed by atoms with Gasteiger partial charge in [-0.25, -0.2) is 9.59 Å². The molecule has 3 rings (SSSR count). The predicted molar refractivity (Wildman–Crippen MR) is 105 cm³/mol. The van der Waals surface area contributed by atoms with E-state index in [1.807, 2.05) is 0 Å². The Kier molecular flexibility index (Phi) is 6.26. The van der Waals surface area contributed by atoms with Crippen molar-refractivity contribution in [3.63, 3.8) is 0 Å². The van der Waals surface area contributed by atoms with Gasteiger partial charge < -0.3 is 15.2 Å². The van der Waals surface area contributed by atoms with E-state index in [-0.39, 0.29) is 17.9 Å². The number of carboxylic acids is 1. The number of nitrogens with one attached hydrogen (secondary N) is 1. The van der Waals surface area contributed by atoms with E-state index in [1.54, 1.807) is 6.07 Å². The van der Waals surface area contributed by atoms with Gasteiger partial charge in [0.25, 0.3) is 5.69 Å². The SMILES string of the molecule is O=C(O)c1cccc(NC(=O)C2CCCN2C(=O)OCc2ccc([N+](=O)[O-])cc2)c1. The monoisotopic (exact) mass is 413 g/mol. The molecule has 2 aromatic carbocycles. The number of carbonyl (C=O) groups is 3. The van der Waals surface area contributed by atoms with Crippen molar-refractivity contribution < 1.29 is 29.2 Å². The van der Waals surface area contributed by atoms with Crippen LogP contribution in [0.15, 0.2) is 48.5 Å². The fourth-order valence-corrected chi connectivity index (χ4v) is 3.16. The number of ether oxygens (including phenoxy) is 1. The summed E-state index contributed by atoms with van der Waals surface area (Å²) in [7, 11) is 0. The molecule has 2 N–H and O–H groups in total. The molecule has 0 saturated carbocycles. The molecule has 0 radical (unpaired) electrons. The van der Waals surface area contributed by atoms with Crippen LogP contribution in [0.4, 0.5) is 16.2 Å². The van der Waals surface area contributed by atoms with Crippen LogP contribution in [0.3, 0.4) is 0 Å². The Labute approximate surface area is 171 Å². The number of nitro benzene ring substituents is 1. The van der Waals surface area contributed by atoms with Gasteiger partial charge in [0.2, 0.25) is 5.91 Å². The van der Waals surface area contributed by atoms with Crippen molar-refractivity contribution in [3.8, 4) is 0 Å². The Hall–Kier alpha value is -3.95. The molecule has 1 fully saturated rings. The van der Waals surface area contributed by atoms with Gasteiger partial charge in [-0.3, -0.25) is 19.8 Å². The van der Waals surface area contributed by atoms with E-state index in [2.05, 4.69) is 5.32 Å². The van der Waals surface area contributed by atoms with Crippen molar-refractivity contribution in [1.82, 2.24) is 4.90 Å². The van der Waals surface area contributed by atoms with Crippen molar-refractivity contribution in [2.75, 3.05) is 11.9 Å². The summed E-state index contributed by atoms with van der Waals surface area (Å²) < 4.78 is 5.25. The standard InChI is InChI=1S/C20H19N3O7/c24-18(21-15-4-1-3-14(11-15)19(25)26)17-5-2-10-22(17)20(27)30-12-13-6-8-16(9-7-13)23(28)29/h1,3-4,6-9,11,17H,2,5,10,12H2,(H,21,24)(H,25,26). The van der Waals surface area contributed by atoms with Crippen LogP contribution in [0.25, 0.3) is 0 Å². The lowest BCUT2D eigenvalue weighted by atomic mass is 10.1. The Morgan fingerprint density at radius 2 is 1.93 bits per heavy atom. The van der Waals surface area contributed by atoms with Crippen LogP contribution in [0.1, 0.15) is 28.8 Å². The number of benzene rings is 2. The Morgan fingerprint density at radius 1 is 1.20 bits per heavy atom.